The van der Waals surface area contributed by atoms with Crippen molar-refractivity contribution >= 4 is 22.8 Å². The molecule has 2 nitrogen and oxygen atoms in total. The third kappa shape index (κ3) is 7.81. The standard InChI is InChI=1S/C27H36N2/c1-7-9-10-11-13-27(29-25-18-22(5)15-23(6)19-25)26(12-8-2)28-24-16-20(3)14-21(4)17-24/h8,12,14-19H,7,9-11,13H2,1-6H3. The first kappa shape index (κ1) is 22.8. The Morgan fingerprint density at radius 1 is 0.724 bits per heavy atom. The Balaban J connectivity index is 2.48. The first-order valence-electron chi connectivity index (χ1n) is 10.9. The highest BCUT2D eigenvalue weighted by atomic mass is 14.8. The SMILES string of the molecule is CC=CC(=Nc1cc(C)cc(C)c1)C(CCCCCC)=Nc1cc(C)cc(C)c1. The summed E-state index contributed by atoms with van der Waals surface area (Å²) >= 11 is 0. The van der Waals surface area contributed by atoms with Gasteiger partial charge in [-0.3, -0.25) is 4.99 Å². The molecule has 0 unspecified atom stereocenters. The normalized spacial score (nSPS) is 12.8. The van der Waals surface area contributed by atoms with Gasteiger partial charge < -0.3 is 0 Å². The minimum atomic E-state index is 0.945. The van der Waals surface area contributed by atoms with Gasteiger partial charge in [-0.15, -0.1) is 0 Å². The van der Waals surface area contributed by atoms with Crippen molar-refractivity contribution in [1.82, 2.24) is 0 Å². The quantitative estimate of drug-likeness (QED) is 0.305. The summed E-state index contributed by atoms with van der Waals surface area (Å²) in [6, 6.07) is 13.0. The van der Waals surface area contributed by atoms with Gasteiger partial charge in [0.15, 0.2) is 0 Å². The second kappa shape index (κ2) is 11.5. The predicted octanol–water partition coefficient (Wildman–Crippen LogP) is 8.31. The summed E-state index contributed by atoms with van der Waals surface area (Å²) in [7, 11) is 0. The molecule has 0 aliphatic heterocycles. The Hall–Kier alpha value is -2.48. The van der Waals surface area contributed by atoms with Gasteiger partial charge in [0.2, 0.25) is 0 Å². The van der Waals surface area contributed by atoms with Crippen LogP contribution >= 0.6 is 0 Å². The Morgan fingerprint density at radius 3 is 1.72 bits per heavy atom. The van der Waals surface area contributed by atoms with E-state index in [1.807, 2.05) is 6.92 Å². The van der Waals surface area contributed by atoms with E-state index in [1.54, 1.807) is 0 Å². The zero-order valence-corrected chi connectivity index (χ0v) is 19.0. The lowest BCUT2D eigenvalue weighted by atomic mass is 10.0. The smallest absolute Gasteiger partial charge is 0.0848 e. The van der Waals surface area contributed by atoms with Crippen molar-refractivity contribution in [2.24, 2.45) is 9.98 Å². The predicted molar refractivity (Wildman–Crippen MR) is 130 cm³/mol. The fraction of sp³-hybridized carbons (Fsp3) is 0.407. The Morgan fingerprint density at radius 2 is 1.24 bits per heavy atom. The highest BCUT2D eigenvalue weighted by Crippen LogP contribution is 2.22. The number of benzene rings is 2. The van der Waals surface area contributed by atoms with Crippen molar-refractivity contribution in [2.75, 3.05) is 0 Å². The minimum Gasteiger partial charge on any atom is -0.251 e. The molecule has 0 aliphatic rings. The first-order chi connectivity index (χ1) is 13.9. The lowest BCUT2D eigenvalue weighted by molar-refractivity contribution is 0.684. The maximum atomic E-state index is 5.07. The van der Waals surface area contributed by atoms with E-state index in [2.05, 4.69) is 83.2 Å². The van der Waals surface area contributed by atoms with Crippen molar-refractivity contribution in [2.45, 2.75) is 73.6 Å². The van der Waals surface area contributed by atoms with Gasteiger partial charge in [-0.2, -0.15) is 0 Å². The summed E-state index contributed by atoms with van der Waals surface area (Å²) in [6.07, 6.45) is 9.98. The topological polar surface area (TPSA) is 24.7 Å². The summed E-state index contributed by atoms with van der Waals surface area (Å²) in [4.78, 5) is 10.1. The number of hydrogen-bond donors (Lipinski definition) is 0. The summed E-state index contributed by atoms with van der Waals surface area (Å²) < 4.78 is 0. The van der Waals surface area contributed by atoms with Crippen molar-refractivity contribution < 1.29 is 0 Å². The number of hydrogen-bond acceptors (Lipinski definition) is 2. The minimum absolute atomic E-state index is 0.945. The molecule has 0 spiro atoms. The molecule has 2 heteroatoms. The van der Waals surface area contributed by atoms with E-state index in [9.17, 15) is 0 Å². The summed E-state index contributed by atoms with van der Waals surface area (Å²) in [5, 5.41) is 0. The largest absolute Gasteiger partial charge is 0.251 e. The highest BCUT2D eigenvalue weighted by Gasteiger charge is 2.09. The van der Waals surface area contributed by atoms with Gasteiger partial charge in [-0.05, 0) is 100 Å². The molecule has 0 amide bonds. The average molecular weight is 389 g/mol. The molecule has 0 saturated carbocycles. The van der Waals surface area contributed by atoms with E-state index in [0.29, 0.717) is 0 Å². The molecule has 2 aromatic rings. The molecule has 0 atom stereocenters. The van der Waals surface area contributed by atoms with Crippen LogP contribution in [0.1, 0.15) is 68.2 Å². The number of allylic oxidation sites excluding steroid dienone is 2. The van der Waals surface area contributed by atoms with E-state index in [1.165, 1.54) is 41.5 Å². The summed E-state index contributed by atoms with van der Waals surface area (Å²) in [5.41, 5.74) is 9.01. The van der Waals surface area contributed by atoms with Crippen LogP contribution in [0.2, 0.25) is 0 Å². The van der Waals surface area contributed by atoms with Crippen LogP contribution in [0.3, 0.4) is 0 Å². The maximum absolute atomic E-state index is 5.07. The van der Waals surface area contributed by atoms with E-state index < -0.39 is 0 Å². The van der Waals surface area contributed by atoms with Crippen LogP contribution in [0, 0.1) is 27.7 Å². The highest BCUT2D eigenvalue weighted by molar-refractivity contribution is 6.47. The number of aliphatic imine (C=N–C) groups is 2. The second-order valence-electron chi connectivity index (χ2n) is 8.06. The number of nitrogens with zero attached hydrogens (tertiary/aromatic N) is 2. The molecule has 0 bridgehead atoms. The molecule has 154 valence electrons. The molecule has 0 radical (unpaired) electrons. The van der Waals surface area contributed by atoms with Crippen LogP contribution in [0.5, 0.6) is 0 Å². The van der Waals surface area contributed by atoms with Crippen LogP contribution < -0.4 is 0 Å². The Labute approximate surface area is 177 Å². The van der Waals surface area contributed by atoms with E-state index in [0.717, 1.165) is 35.6 Å². The lowest BCUT2D eigenvalue weighted by Gasteiger charge is -2.10. The molecular formula is C27H36N2. The van der Waals surface area contributed by atoms with E-state index in [-0.39, 0.29) is 0 Å². The van der Waals surface area contributed by atoms with Gasteiger partial charge >= 0.3 is 0 Å². The monoisotopic (exact) mass is 388 g/mol. The van der Waals surface area contributed by atoms with Crippen LogP contribution in [0.15, 0.2) is 58.5 Å². The average Bonchev–Trinajstić information content (AvgIpc) is 2.62. The van der Waals surface area contributed by atoms with E-state index in [4.69, 9.17) is 9.98 Å². The zero-order chi connectivity index (χ0) is 21.2. The molecule has 29 heavy (non-hydrogen) atoms. The molecule has 2 rings (SSSR count). The Bertz CT molecular complexity index is 860. The summed E-state index contributed by atoms with van der Waals surface area (Å²) in [5.74, 6) is 0. The van der Waals surface area contributed by atoms with Gasteiger partial charge in [0.05, 0.1) is 22.8 Å². The molecule has 0 N–H and O–H groups in total. The van der Waals surface area contributed by atoms with Crippen LogP contribution in [-0.2, 0) is 0 Å². The fourth-order valence-electron chi connectivity index (χ4n) is 3.64. The third-order valence-corrected chi connectivity index (χ3v) is 4.81. The van der Waals surface area contributed by atoms with Gasteiger partial charge in [0, 0.05) is 0 Å². The number of aryl methyl sites for hydroxylation is 4. The van der Waals surface area contributed by atoms with Crippen molar-refractivity contribution in [3.8, 4) is 0 Å². The summed E-state index contributed by atoms with van der Waals surface area (Å²) in [6.45, 7) is 12.8. The molecule has 0 aromatic heterocycles. The number of rotatable bonds is 9. The van der Waals surface area contributed by atoms with Gasteiger partial charge in [0.1, 0.15) is 0 Å². The van der Waals surface area contributed by atoms with Crippen molar-refractivity contribution in [1.29, 1.82) is 0 Å². The van der Waals surface area contributed by atoms with Gasteiger partial charge in [-0.25, -0.2) is 4.99 Å². The molecule has 2 aromatic carbocycles. The molecule has 0 aliphatic carbocycles. The van der Waals surface area contributed by atoms with Crippen LogP contribution in [0.25, 0.3) is 0 Å². The number of unbranched alkanes of at least 4 members (excludes halogenated alkanes) is 3. The zero-order valence-electron chi connectivity index (χ0n) is 19.0. The lowest BCUT2D eigenvalue weighted by Crippen LogP contribution is -2.12. The van der Waals surface area contributed by atoms with Crippen molar-refractivity contribution in [3.63, 3.8) is 0 Å². The molecular weight excluding hydrogens is 352 g/mol. The second-order valence-corrected chi connectivity index (χ2v) is 8.06. The Kier molecular flexibility index (Phi) is 9.05. The van der Waals surface area contributed by atoms with Gasteiger partial charge in [0.25, 0.3) is 0 Å². The maximum Gasteiger partial charge on any atom is 0.0848 e. The van der Waals surface area contributed by atoms with E-state index >= 15 is 0 Å². The van der Waals surface area contributed by atoms with Crippen molar-refractivity contribution in [3.05, 3.63) is 70.8 Å². The fourth-order valence-corrected chi connectivity index (χ4v) is 3.64. The first-order valence-corrected chi connectivity index (χ1v) is 10.9. The molecule has 0 fully saturated rings. The molecule has 0 saturated heterocycles. The third-order valence-electron chi connectivity index (χ3n) is 4.81. The van der Waals surface area contributed by atoms with Crippen LogP contribution in [-0.4, -0.2) is 11.4 Å². The van der Waals surface area contributed by atoms with Crippen LogP contribution in [0.4, 0.5) is 11.4 Å². The molecule has 0 heterocycles. The van der Waals surface area contributed by atoms with Gasteiger partial charge in [-0.1, -0.05) is 44.4 Å².